The summed E-state index contributed by atoms with van der Waals surface area (Å²) in [5.41, 5.74) is 0. The molecule has 0 radical (unpaired) electrons. The highest BCUT2D eigenvalue weighted by molar-refractivity contribution is 4.92. The maximum absolute atomic E-state index is 4.38. The number of aryl methyl sites for hydroxylation is 1. The molecule has 3 nitrogen and oxygen atoms in total. The molecule has 0 amide bonds. The molecule has 1 N–H and O–H groups in total. The third-order valence-electron chi connectivity index (χ3n) is 4.35. The molecule has 1 aromatic rings. The fraction of sp³-hybridized carbons (Fsp3) is 0.800. The van der Waals surface area contributed by atoms with E-state index in [1.54, 1.807) is 0 Å². The third kappa shape index (κ3) is 3.35. The van der Waals surface area contributed by atoms with Gasteiger partial charge < -0.3 is 9.88 Å². The summed E-state index contributed by atoms with van der Waals surface area (Å²) >= 11 is 0. The van der Waals surface area contributed by atoms with E-state index < -0.39 is 0 Å². The standard InChI is InChI=1S/C15H27N3/c1-12(2)13-6-4-5-7-14(13)16-9-8-15-17-10-11-18(15)3/h10-14,16H,4-9H2,1-3H3. The van der Waals surface area contributed by atoms with Crippen LogP contribution in [0.1, 0.15) is 45.4 Å². The average molecular weight is 249 g/mol. The molecule has 3 heteroatoms. The van der Waals surface area contributed by atoms with Gasteiger partial charge >= 0.3 is 0 Å². The number of rotatable bonds is 5. The van der Waals surface area contributed by atoms with Crippen LogP contribution in [-0.4, -0.2) is 22.1 Å². The summed E-state index contributed by atoms with van der Waals surface area (Å²) in [6.45, 7) is 5.78. The summed E-state index contributed by atoms with van der Waals surface area (Å²) in [5.74, 6) is 2.84. The Kier molecular flexibility index (Phi) is 4.81. The van der Waals surface area contributed by atoms with Crippen molar-refractivity contribution in [3.63, 3.8) is 0 Å². The smallest absolute Gasteiger partial charge is 0.109 e. The fourth-order valence-corrected chi connectivity index (χ4v) is 3.22. The van der Waals surface area contributed by atoms with E-state index in [4.69, 9.17) is 0 Å². The minimum atomic E-state index is 0.721. The van der Waals surface area contributed by atoms with Crippen LogP contribution >= 0.6 is 0 Å². The molecule has 1 saturated carbocycles. The highest BCUT2D eigenvalue weighted by Gasteiger charge is 2.26. The minimum absolute atomic E-state index is 0.721. The van der Waals surface area contributed by atoms with Crippen molar-refractivity contribution in [2.24, 2.45) is 18.9 Å². The van der Waals surface area contributed by atoms with Crippen molar-refractivity contribution in [2.75, 3.05) is 6.54 Å². The zero-order chi connectivity index (χ0) is 13.0. The number of aromatic nitrogens is 2. The zero-order valence-electron chi connectivity index (χ0n) is 12.0. The van der Waals surface area contributed by atoms with Gasteiger partial charge in [-0.1, -0.05) is 26.7 Å². The van der Waals surface area contributed by atoms with E-state index >= 15 is 0 Å². The van der Waals surface area contributed by atoms with E-state index in [0.717, 1.165) is 30.8 Å². The number of imidazole rings is 1. The number of hydrogen-bond acceptors (Lipinski definition) is 2. The van der Waals surface area contributed by atoms with Gasteiger partial charge in [-0.25, -0.2) is 4.98 Å². The molecule has 18 heavy (non-hydrogen) atoms. The third-order valence-corrected chi connectivity index (χ3v) is 4.35. The first-order chi connectivity index (χ1) is 8.68. The molecule has 1 fully saturated rings. The Morgan fingerprint density at radius 3 is 2.83 bits per heavy atom. The lowest BCUT2D eigenvalue weighted by atomic mass is 9.78. The Balaban J connectivity index is 1.79. The van der Waals surface area contributed by atoms with Crippen LogP contribution in [0.15, 0.2) is 12.4 Å². The van der Waals surface area contributed by atoms with Crippen LogP contribution in [0, 0.1) is 11.8 Å². The van der Waals surface area contributed by atoms with Crippen molar-refractivity contribution in [1.82, 2.24) is 14.9 Å². The lowest BCUT2D eigenvalue weighted by Gasteiger charge is -2.35. The molecule has 1 aliphatic rings. The van der Waals surface area contributed by atoms with Gasteiger partial charge in [-0.3, -0.25) is 0 Å². The summed E-state index contributed by atoms with van der Waals surface area (Å²) in [7, 11) is 2.07. The van der Waals surface area contributed by atoms with E-state index in [1.807, 2.05) is 12.4 Å². The number of hydrogen-bond donors (Lipinski definition) is 1. The molecule has 1 aliphatic carbocycles. The first-order valence-corrected chi connectivity index (χ1v) is 7.38. The van der Waals surface area contributed by atoms with Gasteiger partial charge in [-0.05, 0) is 24.7 Å². The Labute approximate surface area is 111 Å². The second-order valence-corrected chi connectivity index (χ2v) is 5.96. The van der Waals surface area contributed by atoms with Gasteiger partial charge in [0.15, 0.2) is 0 Å². The van der Waals surface area contributed by atoms with Gasteiger partial charge in [0.1, 0.15) is 5.82 Å². The van der Waals surface area contributed by atoms with Crippen LogP contribution in [0.2, 0.25) is 0 Å². The van der Waals surface area contributed by atoms with E-state index in [2.05, 4.69) is 35.8 Å². The first kappa shape index (κ1) is 13.6. The van der Waals surface area contributed by atoms with Crippen molar-refractivity contribution in [3.05, 3.63) is 18.2 Å². The molecule has 2 unspecified atom stereocenters. The summed E-state index contributed by atoms with van der Waals surface area (Å²) in [6, 6.07) is 0.721. The molecular formula is C15H27N3. The van der Waals surface area contributed by atoms with E-state index in [1.165, 1.54) is 31.5 Å². The summed E-state index contributed by atoms with van der Waals surface area (Å²) in [6.07, 6.45) is 10.5. The van der Waals surface area contributed by atoms with Crippen LogP contribution in [0.3, 0.4) is 0 Å². The van der Waals surface area contributed by atoms with Crippen LogP contribution in [0.5, 0.6) is 0 Å². The van der Waals surface area contributed by atoms with Crippen LogP contribution in [0.25, 0.3) is 0 Å². The molecule has 2 atom stereocenters. The number of nitrogens with zero attached hydrogens (tertiary/aromatic N) is 2. The normalized spacial score (nSPS) is 24.7. The van der Waals surface area contributed by atoms with Crippen molar-refractivity contribution in [2.45, 2.75) is 52.0 Å². The summed E-state index contributed by atoms with van der Waals surface area (Å²) < 4.78 is 2.11. The zero-order valence-corrected chi connectivity index (χ0v) is 12.0. The molecule has 1 heterocycles. The van der Waals surface area contributed by atoms with Gasteiger partial charge in [0.05, 0.1) is 0 Å². The van der Waals surface area contributed by atoms with E-state index in [-0.39, 0.29) is 0 Å². The minimum Gasteiger partial charge on any atom is -0.338 e. The fourth-order valence-electron chi connectivity index (χ4n) is 3.22. The molecule has 0 aromatic carbocycles. The van der Waals surface area contributed by atoms with Crippen LogP contribution < -0.4 is 5.32 Å². The second-order valence-electron chi connectivity index (χ2n) is 5.96. The lowest BCUT2D eigenvalue weighted by Crippen LogP contribution is -2.41. The molecule has 0 aliphatic heterocycles. The highest BCUT2D eigenvalue weighted by atomic mass is 15.0. The largest absolute Gasteiger partial charge is 0.338 e. The molecular weight excluding hydrogens is 222 g/mol. The molecule has 0 bridgehead atoms. The lowest BCUT2D eigenvalue weighted by molar-refractivity contribution is 0.206. The molecule has 102 valence electrons. The van der Waals surface area contributed by atoms with Gasteiger partial charge in [0.2, 0.25) is 0 Å². The van der Waals surface area contributed by atoms with E-state index in [9.17, 15) is 0 Å². The summed E-state index contributed by atoms with van der Waals surface area (Å²) in [5, 5.41) is 3.77. The van der Waals surface area contributed by atoms with E-state index in [0.29, 0.717) is 0 Å². The quantitative estimate of drug-likeness (QED) is 0.869. The van der Waals surface area contributed by atoms with Crippen molar-refractivity contribution >= 4 is 0 Å². The SMILES string of the molecule is CC(C)C1CCCCC1NCCc1nccn1C. The number of nitrogens with one attached hydrogen (secondary N) is 1. The molecule has 0 spiro atoms. The predicted octanol–water partition coefficient (Wildman–Crippen LogP) is 2.77. The molecule has 2 rings (SSSR count). The second kappa shape index (κ2) is 6.37. The Bertz CT molecular complexity index is 356. The molecule has 1 aromatic heterocycles. The van der Waals surface area contributed by atoms with Crippen molar-refractivity contribution < 1.29 is 0 Å². The maximum Gasteiger partial charge on any atom is 0.109 e. The Morgan fingerprint density at radius 1 is 1.39 bits per heavy atom. The maximum atomic E-state index is 4.38. The Hall–Kier alpha value is -0.830. The molecule has 0 saturated heterocycles. The topological polar surface area (TPSA) is 29.9 Å². The monoisotopic (exact) mass is 249 g/mol. The predicted molar refractivity (Wildman–Crippen MR) is 75.5 cm³/mol. The first-order valence-electron chi connectivity index (χ1n) is 7.38. The van der Waals surface area contributed by atoms with Crippen molar-refractivity contribution in [3.8, 4) is 0 Å². The van der Waals surface area contributed by atoms with Crippen molar-refractivity contribution in [1.29, 1.82) is 0 Å². The van der Waals surface area contributed by atoms with Gasteiger partial charge in [0, 0.05) is 38.4 Å². The van der Waals surface area contributed by atoms with Gasteiger partial charge in [0.25, 0.3) is 0 Å². The van der Waals surface area contributed by atoms with Crippen LogP contribution in [0.4, 0.5) is 0 Å². The van der Waals surface area contributed by atoms with Crippen LogP contribution in [-0.2, 0) is 13.5 Å². The van der Waals surface area contributed by atoms with Gasteiger partial charge in [-0.15, -0.1) is 0 Å². The highest BCUT2D eigenvalue weighted by Crippen LogP contribution is 2.30. The Morgan fingerprint density at radius 2 is 2.17 bits per heavy atom. The van der Waals surface area contributed by atoms with Gasteiger partial charge in [-0.2, -0.15) is 0 Å². The summed E-state index contributed by atoms with van der Waals surface area (Å²) in [4.78, 5) is 4.38. The average Bonchev–Trinajstić information content (AvgIpc) is 2.76.